The van der Waals surface area contributed by atoms with Crippen LogP contribution in [0.3, 0.4) is 0 Å². The van der Waals surface area contributed by atoms with E-state index >= 15 is 0 Å². The average molecular weight is 295 g/mol. The molecule has 0 aliphatic carbocycles. The van der Waals surface area contributed by atoms with Crippen LogP contribution in [0.25, 0.3) is 0 Å². The number of anilines is 1. The largest absolute Gasteiger partial charge is 0.478 e. The Balaban J connectivity index is 2.04. The number of amides is 2. The van der Waals surface area contributed by atoms with Crippen molar-refractivity contribution in [2.45, 2.75) is 6.54 Å². The van der Waals surface area contributed by atoms with Crippen LogP contribution in [0, 0.1) is 5.82 Å². The van der Waals surface area contributed by atoms with Gasteiger partial charge in [0, 0.05) is 5.38 Å². The summed E-state index contributed by atoms with van der Waals surface area (Å²) in [4.78, 5) is 26.6. The summed E-state index contributed by atoms with van der Waals surface area (Å²) in [5, 5.41) is 15.5. The summed E-state index contributed by atoms with van der Waals surface area (Å²) in [6, 6.07) is 3.01. The first-order valence-corrected chi connectivity index (χ1v) is 6.46. The van der Waals surface area contributed by atoms with E-state index in [2.05, 4.69) is 15.6 Å². The molecule has 0 aliphatic heterocycles. The number of nitrogens with zero attached hydrogens (tertiary/aromatic N) is 1. The molecule has 20 heavy (non-hydrogen) atoms. The molecule has 0 bridgehead atoms. The second-order valence-electron chi connectivity index (χ2n) is 3.76. The Morgan fingerprint density at radius 1 is 1.40 bits per heavy atom. The van der Waals surface area contributed by atoms with Crippen LogP contribution < -0.4 is 10.6 Å². The third-order valence-corrected chi connectivity index (χ3v) is 3.02. The number of urea groups is 1. The van der Waals surface area contributed by atoms with Crippen molar-refractivity contribution in [2.75, 3.05) is 5.32 Å². The molecule has 2 amide bonds. The zero-order valence-corrected chi connectivity index (χ0v) is 10.9. The van der Waals surface area contributed by atoms with Crippen LogP contribution in [0.2, 0.25) is 0 Å². The van der Waals surface area contributed by atoms with Gasteiger partial charge >= 0.3 is 12.0 Å². The van der Waals surface area contributed by atoms with Gasteiger partial charge in [0.15, 0.2) is 0 Å². The lowest BCUT2D eigenvalue weighted by atomic mass is 10.1. The lowest BCUT2D eigenvalue weighted by Gasteiger charge is -2.09. The molecule has 0 spiro atoms. The van der Waals surface area contributed by atoms with E-state index in [4.69, 9.17) is 5.11 Å². The predicted octanol–water partition coefficient (Wildman–Crippen LogP) is 2.30. The van der Waals surface area contributed by atoms with Crippen LogP contribution in [0.1, 0.15) is 16.1 Å². The molecular formula is C12H10FN3O3S. The van der Waals surface area contributed by atoms with Gasteiger partial charge < -0.3 is 15.7 Å². The number of carbonyl (C=O) groups is 2. The molecule has 0 atom stereocenters. The van der Waals surface area contributed by atoms with E-state index in [-0.39, 0.29) is 12.2 Å². The highest BCUT2D eigenvalue weighted by Gasteiger charge is 2.17. The second kappa shape index (κ2) is 6.11. The predicted molar refractivity (Wildman–Crippen MR) is 71.3 cm³/mol. The first-order chi connectivity index (χ1) is 9.58. The van der Waals surface area contributed by atoms with Crippen LogP contribution in [-0.2, 0) is 6.54 Å². The molecule has 0 radical (unpaired) electrons. The smallest absolute Gasteiger partial charge is 0.340 e. The van der Waals surface area contributed by atoms with Crippen molar-refractivity contribution in [3.63, 3.8) is 0 Å². The zero-order valence-electron chi connectivity index (χ0n) is 10.1. The van der Waals surface area contributed by atoms with E-state index in [1.54, 1.807) is 10.9 Å². The number of thiazole rings is 1. The van der Waals surface area contributed by atoms with Crippen LogP contribution in [0.5, 0.6) is 0 Å². The number of rotatable bonds is 4. The number of aromatic nitrogens is 1. The van der Waals surface area contributed by atoms with Crippen molar-refractivity contribution in [3.8, 4) is 0 Å². The molecule has 0 fully saturated rings. The number of aromatic carboxylic acids is 1. The summed E-state index contributed by atoms with van der Waals surface area (Å²) in [5.74, 6) is -2.35. The summed E-state index contributed by atoms with van der Waals surface area (Å²) < 4.78 is 13.4. The lowest BCUT2D eigenvalue weighted by molar-refractivity contribution is 0.0693. The molecule has 0 saturated carbocycles. The molecule has 1 aromatic heterocycles. The van der Waals surface area contributed by atoms with Gasteiger partial charge in [-0.2, -0.15) is 0 Å². The summed E-state index contributed by atoms with van der Waals surface area (Å²) in [7, 11) is 0. The molecule has 8 heteroatoms. The maximum Gasteiger partial charge on any atom is 0.340 e. The Morgan fingerprint density at radius 2 is 2.20 bits per heavy atom. The quantitative estimate of drug-likeness (QED) is 0.807. The molecule has 0 aliphatic rings. The van der Waals surface area contributed by atoms with Crippen molar-refractivity contribution in [2.24, 2.45) is 0 Å². The Hall–Kier alpha value is -2.48. The SMILES string of the molecule is O=C(NCc1cscn1)Nc1cccc(F)c1C(=O)O. The minimum Gasteiger partial charge on any atom is -0.478 e. The monoisotopic (exact) mass is 295 g/mol. The maximum atomic E-state index is 13.4. The Bertz CT molecular complexity index is 631. The van der Waals surface area contributed by atoms with E-state index in [1.165, 1.54) is 23.5 Å². The standard InChI is InChI=1S/C12H10FN3O3S/c13-8-2-1-3-9(10(8)11(17)18)16-12(19)14-4-7-5-20-6-15-7/h1-3,5-6H,4H2,(H,17,18)(H2,14,16,19). The summed E-state index contributed by atoms with van der Waals surface area (Å²) >= 11 is 1.39. The normalized spacial score (nSPS) is 10.1. The van der Waals surface area contributed by atoms with Gasteiger partial charge in [0.2, 0.25) is 0 Å². The molecule has 0 saturated heterocycles. The molecular weight excluding hydrogens is 285 g/mol. The Kier molecular flexibility index (Phi) is 4.26. The van der Waals surface area contributed by atoms with E-state index < -0.39 is 23.4 Å². The molecule has 2 aromatic rings. The number of hydrogen-bond donors (Lipinski definition) is 3. The highest BCUT2D eigenvalue weighted by atomic mass is 32.1. The van der Waals surface area contributed by atoms with Gasteiger partial charge in [-0.25, -0.2) is 19.0 Å². The average Bonchev–Trinajstić information content (AvgIpc) is 2.89. The van der Waals surface area contributed by atoms with E-state index in [9.17, 15) is 14.0 Å². The van der Waals surface area contributed by atoms with Gasteiger partial charge in [-0.1, -0.05) is 6.07 Å². The highest BCUT2D eigenvalue weighted by Crippen LogP contribution is 2.18. The minimum atomic E-state index is -1.45. The summed E-state index contributed by atoms with van der Waals surface area (Å²) in [5.41, 5.74) is 1.64. The summed E-state index contributed by atoms with van der Waals surface area (Å²) in [6.07, 6.45) is 0. The molecule has 1 aromatic carbocycles. The molecule has 104 valence electrons. The lowest BCUT2D eigenvalue weighted by Crippen LogP contribution is -2.29. The third-order valence-electron chi connectivity index (χ3n) is 2.39. The summed E-state index contributed by atoms with van der Waals surface area (Å²) in [6.45, 7) is 0.201. The van der Waals surface area contributed by atoms with Crippen LogP contribution in [-0.4, -0.2) is 22.1 Å². The second-order valence-corrected chi connectivity index (χ2v) is 4.47. The zero-order chi connectivity index (χ0) is 14.5. The van der Waals surface area contributed by atoms with Gasteiger partial charge in [0.1, 0.15) is 11.4 Å². The fraction of sp³-hybridized carbons (Fsp3) is 0.0833. The first kappa shape index (κ1) is 13.9. The minimum absolute atomic E-state index is 0.103. The topological polar surface area (TPSA) is 91.3 Å². The number of carboxylic acid groups (broad SMARTS) is 1. The van der Waals surface area contributed by atoms with Crippen LogP contribution in [0.4, 0.5) is 14.9 Å². The van der Waals surface area contributed by atoms with Crippen molar-refractivity contribution >= 4 is 29.0 Å². The van der Waals surface area contributed by atoms with Crippen molar-refractivity contribution in [3.05, 3.63) is 46.2 Å². The number of benzene rings is 1. The Morgan fingerprint density at radius 3 is 2.85 bits per heavy atom. The number of carboxylic acids is 1. The van der Waals surface area contributed by atoms with Crippen LogP contribution >= 0.6 is 11.3 Å². The Labute approximate surface area is 117 Å². The van der Waals surface area contributed by atoms with Gasteiger partial charge in [-0.3, -0.25) is 0 Å². The van der Waals surface area contributed by atoms with Gasteiger partial charge in [-0.05, 0) is 12.1 Å². The highest BCUT2D eigenvalue weighted by molar-refractivity contribution is 7.07. The molecule has 2 rings (SSSR count). The van der Waals surface area contributed by atoms with Crippen molar-refractivity contribution < 1.29 is 19.1 Å². The van der Waals surface area contributed by atoms with Crippen LogP contribution in [0.15, 0.2) is 29.1 Å². The van der Waals surface area contributed by atoms with Gasteiger partial charge in [0.25, 0.3) is 0 Å². The first-order valence-electron chi connectivity index (χ1n) is 5.51. The van der Waals surface area contributed by atoms with E-state index in [1.807, 2.05) is 0 Å². The number of carbonyl (C=O) groups excluding carboxylic acids is 1. The van der Waals surface area contributed by atoms with Crippen molar-refractivity contribution in [1.29, 1.82) is 0 Å². The van der Waals surface area contributed by atoms with E-state index in [0.717, 1.165) is 6.07 Å². The maximum absolute atomic E-state index is 13.4. The van der Waals surface area contributed by atoms with Gasteiger partial charge in [0.05, 0.1) is 23.4 Å². The molecule has 6 nitrogen and oxygen atoms in total. The number of hydrogen-bond acceptors (Lipinski definition) is 4. The molecule has 0 unspecified atom stereocenters. The van der Waals surface area contributed by atoms with E-state index in [0.29, 0.717) is 5.69 Å². The molecule has 3 N–H and O–H groups in total. The molecule has 1 heterocycles. The van der Waals surface area contributed by atoms with Crippen molar-refractivity contribution in [1.82, 2.24) is 10.3 Å². The fourth-order valence-corrected chi connectivity index (χ4v) is 2.07. The number of nitrogens with one attached hydrogen (secondary N) is 2. The third kappa shape index (κ3) is 3.29. The van der Waals surface area contributed by atoms with Gasteiger partial charge in [-0.15, -0.1) is 11.3 Å². The number of halogens is 1. The fourth-order valence-electron chi connectivity index (χ4n) is 1.51.